The lowest BCUT2D eigenvalue weighted by molar-refractivity contribution is 0.125. The van der Waals surface area contributed by atoms with Gasteiger partial charge >= 0.3 is 0 Å². The van der Waals surface area contributed by atoms with Gasteiger partial charge in [-0.1, -0.05) is 47.5 Å². The van der Waals surface area contributed by atoms with Crippen LogP contribution in [-0.4, -0.2) is 32.4 Å². The topological polar surface area (TPSA) is 69.4 Å². The predicted molar refractivity (Wildman–Crippen MR) is 99.5 cm³/mol. The van der Waals surface area contributed by atoms with E-state index < -0.39 is 20.6 Å². The summed E-state index contributed by atoms with van der Waals surface area (Å²) in [5.74, 6) is -0.258. The van der Waals surface area contributed by atoms with E-state index in [1.807, 2.05) is 57.2 Å². The molecule has 0 saturated heterocycles. The number of sulfone groups is 1. The molecule has 1 fully saturated rings. The van der Waals surface area contributed by atoms with Crippen molar-refractivity contribution in [3.05, 3.63) is 65.2 Å². The maximum absolute atomic E-state index is 13.2. The largest absolute Gasteiger partial charge is 0.380 e. The van der Waals surface area contributed by atoms with Crippen LogP contribution in [0.15, 0.2) is 53.4 Å². The van der Waals surface area contributed by atoms with Gasteiger partial charge in [0.25, 0.3) is 0 Å². The number of hydrogen-bond donors (Lipinski definition) is 1. The molecule has 2 aromatic carbocycles. The second-order valence-corrected chi connectivity index (χ2v) is 8.99. The molecule has 2 N–H and O–H groups in total. The van der Waals surface area contributed by atoms with E-state index in [0.717, 1.165) is 16.7 Å². The van der Waals surface area contributed by atoms with E-state index in [0.29, 0.717) is 11.5 Å². The minimum absolute atomic E-state index is 0.234. The molecule has 4 nitrogen and oxygen atoms in total. The minimum Gasteiger partial charge on any atom is -0.380 e. The first-order chi connectivity index (χ1) is 11.8. The predicted octanol–water partition coefficient (Wildman–Crippen LogP) is 2.98. The van der Waals surface area contributed by atoms with E-state index in [-0.39, 0.29) is 12.5 Å². The fourth-order valence-electron chi connectivity index (χ4n) is 3.48. The summed E-state index contributed by atoms with van der Waals surface area (Å²) in [6.07, 6.45) is 0. The monoisotopic (exact) mass is 359 g/mol. The van der Waals surface area contributed by atoms with Crippen molar-refractivity contribution >= 4 is 9.84 Å². The molecule has 5 heteroatoms. The quantitative estimate of drug-likeness (QED) is 0.861. The zero-order chi connectivity index (χ0) is 18.2. The summed E-state index contributed by atoms with van der Waals surface area (Å²) >= 11 is 0. The maximum Gasteiger partial charge on any atom is 0.183 e. The summed E-state index contributed by atoms with van der Waals surface area (Å²) in [5.41, 5.74) is 8.76. The standard InChI is InChI=1S/C20H25NO3S/c1-4-24-13-20(21)18(16-9-5-14(2)6-10-16)19(20)25(22,23)17-11-7-15(3)8-12-17/h5-12,18-19H,4,13,21H2,1-3H3/t18-,19-,20+/m1/s1. The molecule has 0 amide bonds. The van der Waals surface area contributed by atoms with Gasteiger partial charge in [-0.25, -0.2) is 8.42 Å². The van der Waals surface area contributed by atoms with Crippen LogP contribution in [0.5, 0.6) is 0 Å². The van der Waals surface area contributed by atoms with Crippen LogP contribution in [-0.2, 0) is 14.6 Å². The number of nitrogens with two attached hydrogens (primary N) is 1. The maximum atomic E-state index is 13.2. The molecule has 2 aromatic rings. The van der Waals surface area contributed by atoms with Crippen LogP contribution in [0, 0.1) is 13.8 Å². The first-order valence-electron chi connectivity index (χ1n) is 8.54. The van der Waals surface area contributed by atoms with Gasteiger partial charge in [-0.15, -0.1) is 0 Å². The number of rotatable bonds is 6. The molecule has 134 valence electrons. The number of aryl methyl sites for hydroxylation is 2. The molecule has 1 aliphatic carbocycles. The van der Waals surface area contributed by atoms with Gasteiger partial charge < -0.3 is 10.5 Å². The third kappa shape index (κ3) is 3.24. The Kier molecular flexibility index (Phi) is 4.75. The van der Waals surface area contributed by atoms with Gasteiger partial charge in [-0.3, -0.25) is 0 Å². The highest BCUT2D eigenvalue weighted by Gasteiger charge is 2.69. The van der Waals surface area contributed by atoms with Gasteiger partial charge in [0.2, 0.25) is 0 Å². The fraction of sp³-hybridized carbons (Fsp3) is 0.400. The van der Waals surface area contributed by atoms with Crippen molar-refractivity contribution < 1.29 is 13.2 Å². The smallest absolute Gasteiger partial charge is 0.183 e. The number of hydrogen-bond acceptors (Lipinski definition) is 4. The third-order valence-electron chi connectivity index (χ3n) is 4.98. The second kappa shape index (κ2) is 6.56. The van der Waals surface area contributed by atoms with Gasteiger partial charge in [-0.2, -0.15) is 0 Å². The molecule has 0 aromatic heterocycles. The van der Waals surface area contributed by atoms with Crippen LogP contribution in [0.25, 0.3) is 0 Å². The van der Waals surface area contributed by atoms with Crippen molar-refractivity contribution in [3.8, 4) is 0 Å². The van der Waals surface area contributed by atoms with E-state index in [9.17, 15) is 8.42 Å². The lowest BCUT2D eigenvalue weighted by Gasteiger charge is -2.12. The van der Waals surface area contributed by atoms with Crippen LogP contribution >= 0.6 is 0 Å². The fourth-order valence-corrected chi connectivity index (χ4v) is 5.77. The van der Waals surface area contributed by atoms with E-state index in [1.54, 1.807) is 12.1 Å². The Morgan fingerprint density at radius 1 is 1.00 bits per heavy atom. The van der Waals surface area contributed by atoms with Gasteiger partial charge in [0, 0.05) is 12.5 Å². The van der Waals surface area contributed by atoms with Crippen LogP contribution in [0.2, 0.25) is 0 Å². The van der Waals surface area contributed by atoms with E-state index in [2.05, 4.69) is 0 Å². The summed E-state index contributed by atoms with van der Waals surface area (Å²) < 4.78 is 31.9. The highest BCUT2D eigenvalue weighted by atomic mass is 32.2. The van der Waals surface area contributed by atoms with Crippen molar-refractivity contribution in [1.82, 2.24) is 0 Å². The van der Waals surface area contributed by atoms with Gasteiger partial charge in [-0.05, 0) is 38.5 Å². The summed E-state index contributed by atoms with van der Waals surface area (Å²) in [6.45, 7) is 6.57. The Balaban J connectivity index is 1.99. The lowest BCUT2D eigenvalue weighted by atomic mass is 10.1. The Morgan fingerprint density at radius 2 is 1.52 bits per heavy atom. The van der Waals surface area contributed by atoms with Crippen LogP contribution in [0.4, 0.5) is 0 Å². The first kappa shape index (κ1) is 18.1. The molecule has 0 heterocycles. The molecule has 0 bridgehead atoms. The minimum atomic E-state index is -3.53. The van der Waals surface area contributed by atoms with Crippen LogP contribution < -0.4 is 5.73 Å². The average Bonchev–Trinajstić information content (AvgIpc) is 3.21. The Bertz CT molecular complexity index is 844. The Morgan fingerprint density at radius 3 is 2.04 bits per heavy atom. The Labute approximate surface area is 149 Å². The highest BCUT2D eigenvalue weighted by molar-refractivity contribution is 7.92. The van der Waals surface area contributed by atoms with Gasteiger partial charge in [0.1, 0.15) is 0 Å². The zero-order valence-corrected chi connectivity index (χ0v) is 15.7. The van der Waals surface area contributed by atoms with Crippen molar-refractivity contribution in [1.29, 1.82) is 0 Å². The third-order valence-corrected chi connectivity index (χ3v) is 7.29. The van der Waals surface area contributed by atoms with Gasteiger partial charge in [0.05, 0.1) is 22.3 Å². The van der Waals surface area contributed by atoms with Gasteiger partial charge in [0.15, 0.2) is 9.84 Å². The summed E-state index contributed by atoms with van der Waals surface area (Å²) in [4.78, 5) is 0.323. The molecule has 0 spiro atoms. The van der Waals surface area contributed by atoms with Crippen LogP contribution in [0.3, 0.4) is 0 Å². The molecule has 3 rings (SSSR count). The molecular formula is C20H25NO3S. The van der Waals surface area contributed by atoms with Crippen molar-refractivity contribution in [2.45, 2.75) is 42.4 Å². The number of ether oxygens (including phenoxy) is 1. The van der Waals surface area contributed by atoms with E-state index >= 15 is 0 Å². The summed E-state index contributed by atoms with van der Waals surface area (Å²) in [6, 6.07) is 14.9. The molecule has 3 atom stereocenters. The highest BCUT2D eigenvalue weighted by Crippen LogP contribution is 2.55. The van der Waals surface area contributed by atoms with Crippen molar-refractivity contribution in [3.63, 3.8) is 0 Å². The summed E-state index contributed by atoms with van der Waals surface area (Å²) in [7, 11) is -3.53. The zero-order valence-electron chi connectivity index (χ0n) is 14.9. The summed E-state index contributed by atoms with van der Waals surface area (Å²) in [5, 5.41) is -0.669. The molecular weight excluding hydrogens is 334 g/mol. The molecule has 0 aliphatic heterocycles. The van der Waals surface area contributed by atoms with Crippen LogP contribution in [0.1, 0.15) is 29.5 Å². The van der Waals surface area contributed by atoms with Crippen molar-refractivity contribution in [2.24, 2.45) is 5.73 Å². The molecule has 1 aliphatic rings. The van der Waals surface area contributed by atoms with E-state index in [4.69, 9.17) is 10.5 Å². The number of benzene rings is 2. The normalized spacial score (nSPS) is 25.8. The van der Waals surface area contributed by atoms with E-state index in [1.165, 1.54) is 0 Å². The molecule has 25 heavy (non-hydrogen) atoms. The first-order valence-corrected chi connectivity index (χ1v) is 10.1. The Hall–Kier alpha value is -1.69. The molecule has 0 radical (unpaired) electrons. The van der Waals surface area contributed by atoms with Crippen molar-refractivity contribution in [2.75, 3.05) is 13.2 Å². The SMILES string of the molecule is CCOC[C@]1(N)[C@H](c2ccc(C)cc2)[C@H]1S(=O)(=O)c1ccc(C)cc1. The molecule has 0 unspecified atom stereocenters. The lowest BCUT2D eigenvalue weighted by Crippen LogP contribution is -2.36. The second-order valence-electron chi connectivity index (χ2n) is 6.92. The molecule has 1 saturated carbocycles. The average molecular weight is 359 g/mol.